The van der Waals surface area contributed by atoms with Crippen LogP contribution >= 0.6 is 23.2 Å². The fraction of sp³-hybridized carbons (Fsp3) is 0.192. The number of benzene rings is 3. The first kappa shape index (κ1) is 24.0. The molecule has 4 nitrogen and oxygen atoms in total. The van der Waals surface area contributed by atoms with E-state index in [-0.39, 0.29) is 16.6 Å². The summed E-state index contributed by atoms with van der Waals surface area (Å²) in [5.74, 6) is -0.701. The van der Waals surface area contributed by atoms with Crippen molar-refractivity contribution in [2.75, 3.05) is 13.1 Å². The Morgan fingerprint density at radius 2 is 1.76 bits per heavy atom. The molecule has 0 saturated heterocycles. The van der Waals surface area contributed by atoms with Crippen molar-refractivity contribution in [1.29, 1.82) is 0 Å². The minimum Gasteiger partial charge on any atom is -0.410 e. The summed E-state index contributed by atoms with van der Waals surface area (Å²) in [6.45, 7) is 4.97. The van der Waals surface area contributed by atoms with Crippen molar-refractivity contribution in [1.82, 2.24) is 9.47 Å². The average molecular weight is 503 g/mol. The van der Waals surface area contributed by atoms with Gasteiger partial charge in [-0.25, -0.2) is 13.6 Å². The maximum Gasteiger partial charge on any atom is 0.415 e. The van der Waals surface area contributed by atoms with Gasteiger partial charge in [-0.2, -0.15) is 0 Å². The lowest BCUT2D eigenvalue weighted by Gasteiger charge is -2.20. The zero-order valence-electron chi connectivity index (χ0n) is 18.6. The largest absolute Gasteiger partial charge is 0.415 e. The van der Waals surface area contributed by atoms with Gasteiger partial charge < -0.3 is 14.2 Å². The van der Waals surface area contributed by atoms with Crippen molar-refractivity contribution in [3.05, 3.63) is 88.0 Å². The molecule has 8 heteroatoms. The smallest absolute Gasteiger partial charge is 0.410 e. The first-order valence-electron chi connectivity index (χ1n) is 10.8. The highest BCUT2D eigenvalue weighted by Gasteiger charge is 2.20. The van der Waals surface area contributed by atoms with E-state index < -0.39 is 17.7 Å². The van der Waals surface area contributed by atoms with Gasteiger partial charge in [-0.3, -0.25) is 0 Å². The van der Waals surface area contributed by atoms with Crippen LogP contribution in [0.15, 0.2) is 60.8 Å². The van der Waals surface area contributed by atoms with Crippen LogP contribution in [-0.2, 0) is 6.54 Å². The van der Waals surface area contributed by atoms with Gasteiger partial charge in [0.05, 0.1) is 16.6 Å². The number of rotatable bonds is 6. The number of ether oxygens (including phenoxy) is 1. The number of hydrogen-bond donors (Lipinski definition) is 0. The maximum absolute atomic E-state index is 14.5. The summed E-state index contributed by atoms with van der Waals surface area (Å²) in [7, 11) is 0. The molecule has 0 saturated carbocycles. The molecule has 1 heterocycles. The molecule has 4 rings (SSSR count). The second-order valence-corrected chi connectivity index (χ2v) is 8.51. The van der Waals surface area contributed by atoms with E-state index in [2.05, 4.69) is 0 Å². The van der Waals surface area contributed by atoms with E-state index in [0.717, 1.165) is 10.9 Å². The molecule has 3 aromatic carbocycles. The molecule has 1 aromatic heterocycles. The molecule has 0 aliphatic carbocycles. The van der Waals surface area contributed by atoms with Gasteiger partial charge in [-0.1, -0.05) is 41.4 Å². The molecule has 176 valence electrons. The number of fused-ring (bicyclic) bond motifs is 1. The van der Waals surface area contributed by atoms with Crippen LogP contribution in [-0.4, -0.2) is 28.6 Å². The Labute approximate surface area is 206 Å². The fourth-order valence-corrected chi connectivity index (χ4v) is 4.29. The highest BCUT2D eigenvalue weighted by atomic mass is 35.5. The van der Waals surface area contributed by atoms with Gasteiger partial charge in [0.2, 0.25) is 0 Å². The number of carbonyl (C=O) groups is 1. The monoisotopic (exact) mass is 502 g/mol. The number of halogens is 4. The van der Waals surface area contributed by atoms with Crippen molar-refractivity contribution in [3.63, 3.8) is 0 Å². The molecule has 0 aliphatic heterocycles. The standard InChI is InChI=1S/C26H22Cl2F2N2O2/c1-3-31(4-2)26(33)34-23-11-10-22-18(24(23)16-8-9-21(29)20(28)14-16)12-13-32(22)15-17-6-5-7-19(27)25(17)30/h5-14H,3-4,15H2,1-2H3. The summed E-state index contributed by atoms with van der Waals surface area (Å²) in [5, 5.41) is 0.757. The quantitative estimate of drug-likeness (QED) is 0.269. The number of carbonyl (C=O) groups excluding carboxylic acids is 1. The van der Waals surface area contributed by atoms with E-state index in [1.54, 1.807) is 35.2 Å². The van der Waals surface area contributed by atoms with Gasteiger partial charge in [0.1, 0.15) is 17.4 Å². The summed E-state index contributed by atoms with van der Waals surface area (Å²) < 4.78 is 36.0. The molecule has 1 amide bonds. The molecular formula is C26H22Cl2F2N2O2. The van der Waals surface area contributed by atoms with Crippen molar-refractivity contribution in [2.24, 2.45) is 0 Å². The average Bonchev–Trinajstić information content (AvgIpc) is 3.22. The Bertz CT molecular complexity index is 1370. The third-order valence-corrected chi connectivity index (χ3v) is 6.30. The lowest BCUT2D eigenvalue weighted by Crippen LogP contribution is -2.33. The van der Waals surface area contributed by atoms with Crippen LogP contribution in [0.2, 0.25) is 10.0 Å². The first-order chi connectivity index (χ1) is 16.3. The van der Waals surface area contributed by atoms with Crippen LogP contribution in [0.4, 0.5) is 13.6 Å². The van der Waals surface area contributed by atoms with E-state index in [1.165, 1.54) is 18.2 Å². The molecule has 0 radical (unpaired) electrons. The van der Waals surface area contributed by atoms with E-state index in [9.17, 15) is 13.6 Å². The van der Waals surface area contributed by atoms with Gasteiger partial charge in [-0.15, -0.1) is 0 Å². The Morgan fingerprint density at radius 1 is 1.00 bits per heavy atom. The Balaban J connectivity index is 1.85. The highest BCUT2D eigenvalue weighted by Crippen LogP contribution is 2.39. The predicted molar refractivity (Wildman–Crippen MR) is 132 cm³/mol. The van der Waals surface area contributed by atoms with Crippen molar-refractivity contribution in [3.8, 4) is 16.9 Å². The summed E-state index contributed by atoms with van der Waals surface area (Å²) in [5.41, 5.74) is 2.39. The van der Waals surface area contributed by atoms with Crippen molar-refractivity contribution < 1.29 is 18.3 Å². The van der Waals surface area contributed by atoms with Gasteiger partial charge in [0.25, 0.3) is 0 Å². The molecular weight excluding hydrogens is 481 g/mol. The zero-order valence-corrected chi connectivity index (χ0v) is 20.1. The first-order valence-corrected chi connectivity index (χ1v) is 11.6. The minimum atomic E-state index is -0.548. The molecule has 0 unspecified atom stereocenters. The summed E-state index contributed by atoms with van der Waals surface area (Å²) in [6, 6.07) is 14.5. The van der Waals surface area contributed by atoms with Crippen LogP contribution < -0.4 is 4.74 Å². The third-order valence-electron chi connectivity index (χ3n) is 5.71. The fourth-order valence-electron chi connectivity index (χ4n) is 3.92. The van der Waals surface area contributed by atoms with Crippen LogP contribution in [0.1, 0.15) is 19.4 Å². The zero-order chi connectivity index (χ0) is 24.4. The van der Waals surface area contributed by atoms with Crippen LogP contribution in [0, 0.1) is 11.6 Å². The number of amides is 1. The van der Waals surface area contributed by atoms with Crippen LogP contribution in [0.25, 0.3) is 22.0 Å². The second kappa shape index (κ2) is 10.0. The summed E-state index contributed by atoms with van der Waals surface area (Å²) in [4.78, 5) is 14.2. The number of nitrogens with zero attached hydrogens (tertiary/aromatic N) is 2. The Morgan fingerprint density at radius 3 is 2.47 bits per heavy atom. The number of aromatic nitrogens is 1. The number of hydrogen-bond acceptors (Lipinski definition) is 2. The van der Waals surface area contributed by atoms with Gasteiger partial charge in [-0.05, 0) is 55.8 Å². The maximum atomic E-state index is 14.5. The summed E-state index contributed by atoms with van der Waals surface area (Å²) in [6.07, 6.45) is 1.33. The molecule has 34 heavy (non-hydrogen) atoms. The topological polar surface area (TPSA) is 34.5 Å². The normalized spacial score (nSPS) is 11.1. The van der Waals surface area contributed by atoms with Crippen molar-refractivity contribution >= 4 is 40.2 Å². The molecule has 0 spiro atoms. The second-order valence-electron chi connectivity index (χ2n) is 7.70. The van der Waals surface area contributed by atoms with E-state index >= 15 is 0 Å². The molecule has 0 bridgehead atoms. The van der Waals surface area contributed by atoms with E-state index in [0.29, 0.717) is 35.5 Å². The van der Waals surface area contributed by atoms with E-state index in [1.807, 2.05) is 30.7 Å². The third kappa shape index (κ3) is 4.61. The minimum absolute atomic E-state index is 0.0454. The lowest BCUT2D eigenvalue weighted by atomic mass is 10.0. The highest BCUT2D eigenvalue weighted by molar-refractivity contribution is 6.31. The molecule has 4 aromatic rings. The Kier molecular flexibility index (Phi) is 7.10. The van der Waals surface area contributed by atoms with Crippen LogP contribution in [0.5, 0.6) is 5.75 Å². The summed E-state index contributed by atoms with van der Waals surface area (Å²) >= 11 is 12.0. The van der Waals surface area contributed by atoms with Crippen molar-refractivity contribution in [2.45, 2.75) is 20.4 Å². The predicted octanol–water partition coefficient (Wildman–Crippen LogP) is 7.78. The van der Waals surface area contributed by atoms with Gasteiger partial charge in [0.15, 0.2) is 0 Å². The Hall–Kier alpha value is -3.09. The van der Waals surface area contributed by atoms with Gasteiger partial charge >= 0.3 is 6.09 Å². The molecule has 0 N–H and O–H groups in total. The molecule has 0 atom stereocenters. The molecule has 0 fully saturated rings. The van der Waals surface area contributed by atoms with Gasteiger partial charge in [0, 0.05) is 41.3 Å². The molecule has 0 aliphatic rings. The van der Waals surface area contributed by atoms with Crippen LogP contribution in [0.3, 0.4) is 0 Å². The lowest BCUT2D eigenvalue weighted by molar-refractivity contribution is 0.157. The van der Waals surface area contributed by atoms with E-state index in [4.69, 9.17) is 27.9 Å². The SMILES string of the molecule is CCN(CC)C(=O)Oc1ccc2c(ccn2Cc2cccc(Cl)c2F)c1-c1ccc(F)c(Cl)c1.